The van der Waals surface area contributed by atoms with Gasteiger partial charge >= 0.3 is 0 Å². The lowest BCUT2D eigenvalue weighted by atomic mass is 10.1. The number of halogens is 2. The van der Waals surface area contributed by atoms with Gasteiger partial charge in [0.2, 0.25) is 9.84 Å². The predicted molar refractivity (Wildman–Crippen MR) is 162 cm³/mol. The average molecular weight is 601 g/mol. The molecule has 0 aliphatic heterocycles. The van der Waals surface area contributed by atoms with Crippen LogP contribution in [-0.4, -0.2) is 38.0 Å². The van der Waals surface area contributed by atoms with E-state index in [0.29, 0.717) is 46.0 Å². The van der Waals surface area contributed by atoms with E-state index >= 15 is 0 Å². The average Bonchev–Trinajstić information content (AvgIpc) is 3.29. The summed E-state index contributed by atoms with van der Waals surface area (Å²) in [6, 6.07) is 23.6. The Morgan fingerprint density at radius 3 is 2.50 bits per heavy atom. The third-order valence-corrected chi connectivity index (χ3v) is 8.54. The van der Waals surface area contributed by atoms with Crippen LogP contribution in [0.25, 0.3) is 21.7 Å². The van der Waals surface area contributed by atoms with Crippen molar-refractivity contribution in [2.75, 3.05) is 13.7 Å². The molecule has 0 saturated heterocycles. The van der Waals surface area contributed by atoms with E-state index < -0.39 is 9.84 Å². The van der Waals surface area contributed by atoms with E-state index in [1.807, 2.05) is 49.4 Å². The van der Waals surface area contributed by atoms with Crippen molar-refractivity contribution >= 4 is 55.5 Å². The van der Waals surface area contributed by atoms with Crippen molar-refractivity contribution < 1.29 is 17.9 Å². The van der Waals surface area contributed by atoms with Gasteiger partial charge in [0.1, 0.15) is 17.0 Å². The molecule has 1 aromatic heterocycles. The molecular formula is C30H31Cl2N3O4S. The number of methoxy groups -OCH3 is 1. The van der Waals surface area contributed by atoms with Crippen LogP contribution in [0, 0.1) is 0 Å². The minimum absolute atomic E-state index is 0. The summed E-state index contributed by atoms with van der Waals surface area (Å²) in [5, 5.41) is 7.10. The Kier molecular flexibility index (Phi) is 9.26. The van der Waals surface area contributed by atoms with Crippen LogP contribution in [0.3, 0.4) is 0 Å². The van der Waals surface area contributed by atoms with Crippen LogP contribution >= 0.6 is 24.0 Å². The molecule has 0 saturated carbocycles. The number of ether oxygens (including phenoxy) is 2. The fraction of sp³-hybridized carbons (Fsp3) is 0.233. The zero-order valence-corrected chi connectivity index (χ0v) is 24.6. The molecule has 0 aliphatic rings. The van der Waals surface area contributed by atoms with Crippen LogP contribution in [-0.2, 0) is 16.4 Å². The number of aromatic nitrogens is 2. The fourth-order valence-corrected chi connectivity index (χ4v) is 6.50. The highest BCUT2D eigenvalue weighted by molar-refractivity contribution is 7.91. The minimum Gasteiger partial charge on any atom is -0.497 e. The lowest BCUT2D eigenvalue weighted by Gasteiger charge is -2.13. The first-order valence-corrected chi connectivity index (χ1v) is 14.6. The first-order chi connectivity index (χ1) is 18.8. The summed E-state index contributed by atoms with van der Waals surface area (Å²) in [5.41, 5.74) is 7.35. The molecule has 0 aliphatic carbocycles. The summed E-state index contributed by atoms with van der Waals surface area (Å²) < 4.78 is 41.9. The molecule has 2 N–H and O–H groups in total. The Hall–Kier alpha value is -3.30. The number of nitrogens with zero attached hydrogens (tertiary/aromatic N) is 2. The number of rotatable bonds is 10. The van der Waals surface area contributed by atoms with Crippen LogP contribution in [0.1, 0.15) is 25.3 Å². The molecule has 0 amide bonds. The summed E-state index contributed by atoms with van der Waals surface area (Å²) in [4.78, 5) is 0.192. The van der Waals surface area contributed by atoms with Crippen molar-refractivity contribution in [1.82, 2.24) is 9.78 Å². The van der Waals surface area contributed by atoms with E-state index in [4.69, 9.17) is 31.9 Å². The van der Waals surface area contributed by atoms with Gasteiger partial charge in [0.05, 0.1) is 25.2 Å². The van der Waals surface area contributed by atoms with Crippen molar-refractivity contribution in [1.29, 1.82) is 0 Å². The lowest BCUT2D eigenvalue weighted by molar-refractivity contribution is 0.302. The van der Waals surface area contributed by atoms with E-state index in [1.165, 1.54) is 7.11 Å². The largest absolute Gasteiger partial charge is 0.497 e. The zero-order chi connectivity index (χ0) is 27.6. The maximum Gasteiger partial charge on any atom is 0.226 e. The maximum absolute atomic E-state index is 14.2. The number of nitrogens with two attached hydrogens (primary N) is 1. The van der Waals surface area contributed by atoms with E-state index in [9.17, 15) is 8.42 Å². The quantitative estimate of drug-likeness (QED) is 0.180. The van der Waals surface area contributed by atoms with Crippen LogP contribution in [0.15, 0.2) is 88.8 Å². The topological polar surface area (TPSA) is 96.4 Å². The molecule has 0 spiro atoms. The first-order valence-electron chi connectivity index (χ1n) is 12.7. The molecule has 4 aromatic carbocycles. The number of hydrogen-bond acceptors (Lipinski definition) is 6. The third kappa shape index (κ3) is 6.05. The Morgan fingerprint density at radius 1 is 1.00 bits per heavy atom. The Labute approximate surface area is 245 Å². The van der Waals surface area contributed by atoms with E-state index in [1.54, 1.807) is 41.1 Å². The minimum atomic E-state index is -4.04. The highest BCUT2D eigenvalue weighted by Crippen LogP contribution is 2.38. The van der Waals surface area contributed by atoms with Gasteiger partial charge in [-0.3, -0.25) is 4.68 Å². The van der Waals surface area contributed by atoms with Gasteiger partial charge in [0.25, 0.3) is 0 Å². The number of benzene rings is 4. The Balaban J connectivity index is 0.00000370. The second-order valence-corrected chi connectivity index (χ2v) is 11.8. The Bertz CT molecular complexity index is 1750. The van der Waals surface area contributed by atoms with Crippen molar-refractivity contribution in [2.45, 2.75) is 42.3 Å². The monoisotopic (exact) mass is 599 g/mol. The van der Waals surface area contributed by atoms with Crippen molar-refractivity contribution in [2.24, 2.45) is 5.73 Å². The summed E-state index contributed by atoms with van der Waals surface area (Å²) >= 11 is 6.25. The van der Waals surface area contributed by atoms with E-state index in [2.05, 4.69) is 0 Å². The molecule has 5 rings (SSSR count). The SMILES string of the molecule is COc1cc(OCCCC(C)N)c2c(c1)c(S(=O)(=O)c1cccc3ccccc13)nn2Cc1cccc(Cl)c1.Cl. The molecule has 0 bridgehead atoms. The molecule has 40 heavy (non-hydrogen) atoms. The highest BCUT2D eigenvalue weighted by atomic mass is 35.5. The van der Waals surface area contributed by atoms with Gasteiger partial charge in [-0.15, -0.1) is 12.4 Å². The molecule has 0 fully saturated rings. The van der Waals surface area contributed by atoms with Crippen molar-refractivity contribution in [3.63, 3.8) is 0 Å². The van der Waals surface area contributed by atoms with Gasteiger partial charge in [-0.2, -0.15) is 5.10 Å². The smallest absolute Gasteiger partial charge is 0.226 e. The van der Waals surface area contributed by atoms with Gasteiger partial charge in [0, 0.05) is 27.9 Å². The predicted octanol–water partition coefficient (Wildman–Crippen LogP) is 6.66. The standard InChI is InChI=1S/C30H30ClN3O4S.ClH/c1-20(32)8-7-15-38-27-18-24(37-2)17-26-29(27)34(19-21-9-5-12-23(31)16-21)33-30(26)39(35,36)28-14-6-11-22-10-3-4-13-25(22)28;/h3-6,9-14,16-18,20H,7-8,15,19,32H2,1-2H3;1H. The van der Waals surface area contributed by atoms with Crippen molar-refractivity contribution in [3.8, 4) is 11.5 Å². The van der Waals surface area contributed by atoms with Crippen LogP contribution in [0.4, 0.5) is 0 Å². The normalized spacial score (nSPS) is 12.3. The van der Waals surface area contributed by atoms with Gasteiger partial charge in [-0.1, -0.05) is 60.1 Å². The second-order valence-electron chi connectivity index (χ2n) is 9.56. The number of hydrogen-bond donors (Lipinski definition) is 1. The molecule has 7 nitrogen and oxygen atoms in total. The van der Waals surface area contributed by atoms with Gasteiger partial charge in [-0.05, 0) is 55.0 Å². The molecule has 1 atom stereocenters. The lowest BCUT2D eigenvalue weighted by Crippen LogP contribution is -2.15. The molecular weight excluding hydrogens is 569 g/mol. The molecule has 210 valence electrons. The number of fused-ring (bicyclic) bond motifs is 2. The molecule has 0 radical (unpaired) electrons. The third-order valence-electron chi connectivity index (χ3n) is 6.56. The fourth-order valence-electron chi connectivity index (χ4n) is 4.70. The van der Waals surface area contributed by atoms with Crippen LogP contribution in [0.2, 0.25) is 5.02 Å². The summed E-state index contributed by atoms with van der Waals surface area (Å²) in [6.07, 6.45) is 1.55. The molecule has 10 heteroatoms. The maximum atomic E-state index is 14.2. The van der Waals surface area contributed by atoms with Gasteiger partial charge in [-0.25, -0.2) is 8.42 Å². The first kappa shape index (κ1) is 29.7. The van der Waals surface area contributed by atoms with E-state index in [0.717, 1.165) is 23.8 Å². The molecule has 5 aromatic rings. The van der Waals surface area contributed by atoms with Crippen LogP contribution < -0.4 is 15.2 Å². The number of sulfone groups is 1. The zero-order valence-electron chi connectivity index (χ0n) is 22.2. The van der Waals surface area contributed by atoms with E-state index in [-0.39, 0.29) is 28.4 Å². The second kappa shape index (κ2) is 12.5. The highest BCUT2D eigenvalue weighted by Gasteiger charge is 2.29. The Morgan fingerprint density at radius 2 is 1.75 bits per heavy atom. The van der Waals surface area contributed by atoms with Gasteiger partial charge < -0.3 is 15.2 Å². The van der Waals surface area contributed by atoms with Crippen LogP contribution in [0.5, 0.6) is 11.5 Å². The molecule has 1 unspecified atom stereocenters. The van der Waals surface area contributed by atoms with Gasteiger partial charge in [0.15, 0.2) is 5.03 Å². The summed E-state index contributed by atoms with van der Waals surface area (Å²) in [5.74, 6) is 0.962. The summed E-state index contributed by atoms with van der Waals surface area (Å²) in [6.45, 7) is 2.66. The summed E-state index contributed by atoms with van der Waals surface area (Å²) in [7, 11) is -2.50. The molecule has 1 heterocycles. The van der Waals surface area contributed by atoms with Crippen molar-refractivity contribution in [3.05, 3.63) is 89.4 Å².